The van der Waals surface area contributed by atoms with Gasteiger partial charge in [0.05, 0.1) is 6.04 Å². The van der Waals surface area contributed by atoms with Crippen LogP contribution in [0.1, 0.15) is 48.6 Å². The molecule has 2 aromatic rings. The molecule has 4 rings (SSSR count). The number of fused-ring (bicyclic) bond motifs is 3. The number of urea groups is 1. The Hall–Kier alpha value is -3.03. The lowest BCUT2D eigenvalue weighted by atomic mass is 10.1. The second kappa shape index (κ2) is 7.53. The molecule has 2 heterocycles. The molecule has 2 aliphatic rings. The van der Waals surface area contributed by atoms with Crippen LogP contribution in [0.25, 0.3) is 10.9 Å². The largest absolute Gasteiger partial charge is 0.353 e. The van der Waals surface area contributed by atoms with Gasteiger partial charge in [0.25, 0.3) is 5.91 Å². The zero-order valence-corrected chi connectivity index (χ0v) is 15.9. The topological polar surface area (TPSA) is 104 Å². The van der Waals surface area contributed by atoms with Crippen LogP contribution in [-0.2, 0) is 4.79 Å². The highest BCUT2D eigenvalue weighted by Gasteiger charge is 2.29. The maximum atomic E-state index is 12.5. The lowest BCUT2D eigenvalue weighted by Crippen LogP contribution is -2.42. The number of nitrogens with one attached hydrogen (secondary N) is 4. The number of hydrogen-bond acceptors (Lipinski definition) is 3. The normalized spacial score (nSPS) is 19.2. The summed E-state index contributed by atoms with van der Waals surface area (Å²) in [5.41, 5.74) is 2.06. The molecule has 4 N–H and O–H groups in total. The summed E-state index contributed by atoms with van der Waals surface area (Å²) in [4.78, 5) is 36.4. The van der Waals surface area contributed by atoms with Crippen LogP contribution in [0.15, 0.2) is 24.3 Å². The molecule has 1 unspecified atom stereocenters. The van der Waals surface area contributed by atoms with Crippen LogP contribution in [0.4, 0.5) is 10.5 Å². The summed E-state index contributed by atoms with van der Waals surface area (Å²) >= 11 is 0. The third-order valence-electron chi connectivity index (χ3n) is 5.56. The third kappa shape index (κ3) is 3.54. The van der Waals surface area contributed by atoms with Crippen molar-refractivity contribution in [2.75, 3.05) is 18.9 Å². The molecule has 0 radical (unpaired) electrons. The Kier molecular flexibility index (Phi) is 4.93. The first kappa shape index (κ1) is 18.3. The van der Waals surface area contributed by atoms with Gasteiger partial charge in [-0.2, -0.15) is 0 Å². The second-order valence-corrected chi connectivity index (χ2v) is 7.49. The van der Waals surface area contributed by atoms with Crippen molar-refractivity contribution < 1.29 is 14.4 Å². The standard InChI is InChI=1S/C20H25N5O3/c1-21-20(28)24-14-6-7-16-12(8-14)9-17-19(27)22-11-15(25(16)17)10-18(26)23-13-4-2-3-5-13/h6-9,13,15H,2-5,10-11H2,1H3,(H,22,27)(H,23,26)(H2,21,24,28). The fraction of sp³-hybridized carbons (Fsp3) is 0.450. The van der Waals surface area contributed by atoms with E-state index in [0.717, 1.165) is 23.7 Å². The van der Waals surface area contributed by atoms with E-state index in [1.807, 2.05) is 16.7 Å². The average Bonchev–Trinajstić information content (AvgIpc) is 3.31. The smallest absolute Gasteiger partial charge is 0.318 e. The summed E-state index contributed by atoms with van der Waals surface area (Å²) in [6.07, 6.45) is 4.76. The Morgan fingerprint density at radius 1 is 1.21 bits per heavy atom. The van der Waals surface area contributed by atoms with E-state index in [1.54, 1.807) is 19.2 Å². The lowest BCUT2D eigenvalue weighted by Gasteiger charge is -2.27. The van der Waals surface area contributed by atoms with E-state index in [2.05, 4.69) is 21.3 Å². The van der Waals surface area contributed by atoms with Crippen molar-refractivity contribution in [3.8, 4) is 0 Å². The minimum absolute atomic E-state index is 0.0266. The number of anilines is 1. The number of carbonyl (C=O) groups excluding carboxylic acids is 3. The van der Waals surface area contributed by atoms with Gasteiger partial charge >= 0.3 is 6.03 Å². The monoisotopic (exact) mass is 383 g/mol. The molecule has 1 aliphatic heterocycles. The quantitative estimate of drug-likeness (QED) is 0.650. The van der Waals surface area contributed by atoms with Crippen molar-refractivity contribution in [2.45, 2.75) is 44.2 Å². The fourth-order valence-corrected chi connectivity index (χ4v) is 4.20. The zero-order chi connectivity index (χ0) is 19.7. The van der Waals surface area contributed by atoms with Gasteiger partial charge in [0.1, 0.15) is 5.69 Å². The van der Waals surface area contributed by atoms with Crippen LogP contribution in [0, 0.1) is 0 Å². The molecule has 0 spiro atoms. The summed E-state index contributed by atoms with van der Waals surface area (Å²) in [5, 5.41) is 12.1. The SMILES string of the molecule is CNC(=O)Nc1ccc2c(c1)cc1n2C(CC(=O)NC2CCCC2)CNC1=O. The van der Waals surface area contributed by atoms with E-state index in [-0.39, 0.29) is 29.9 Å². The first-order valence-corrected chi connectivity index (χ1v) is 9.76. The van der Waals surface area contributed by atoms with Crippen LogP contribution < -0.4 is 21.3 Å². The number of hydrogen-bond donors (Lipinski definition) is 4. The van der Waals surface area contributed by atoms with Gasteiger partial charge in [0.15, 0.2) is 0 Å². The van der Waals surface area contributed by atoms with Crippen LogP contribution >= 0.6 is 0 Å². The highest BCUT2D eigenvalue weighted by atomic mass is 16.2. The summed E-state index contributed by atoms with van der Waals surface area (Å²) in [5.74, 6) is -0.122. The molecule has 1 fully saturated rings. The maximum absolute atomic E-state index is 12.5. The molecule has 0 saturated heterocycles. The summed E-state index contributed by atoms with van der Waals surface area (Å²) in [6.45, 7) is 0.423. The number of carbonyl (C=O) groups is 3. The molecule has 1 aromatic carbocycles. The molecule has 4 amide bonds. The van der Waals surface area contributed by atoms with Crippen LogP contribution in [-0.4, -0.2) is 42.0 Å². The molecule has 1 saturated carbocycles. The van der Waals surface area contributed by atoms with Gasteiger partial charge in [-0.25, -0.2) is 4.79 Å². The van der Waals surface area contributed by atoms with Crippen LogP contribution in [0.3, 0.4) is 0 Å². The zero-order valence-electron chi connectivity index (χ0n) is 15.9. The van der Waals surface area contributed by atoms with Gasteiger partial charge in [-0.05, 0) is 37.1 Å². The van der Waals surface area contributed by atoms with E-state index < -0.39 is 0 Å². The molecular weight excluding hydrogens is 358 g/mol. The molecule has 148 valence electrons. The maximum Gasteiger partial charge on any atom is 0.318 e. The van der Waals surface area contributed by atoms with Crippen molar-refractivity contribution >= 4 is 34.4 Å². The van der Waals surface area contributed by atoms with Crippen molar-refractivity contribution in [1.82, 2.24) is 20.5 Å². The van der Waals surface area contributed by atoms with Crippen molar-refractivity contribution in [3.63, 3.8) is 0 Å². The molecule has 8 heteroatoms. The van der Waals surface area contributed by atoms with E-state index in [4.69, 9.17) is 0 Å². The molecule has 28 heavy (non-hydrogen) atoms. The molecule has 8 nitrogen and oxygen atoms in total. The minimum Gasteiger partial charge on any atom is -0.353 e. The number of benzene rings is 1. The van der Waals surface area contributed by atoms with Crippen molar-refractivity contribution in [2.24, 2.45) is 0 Å². The van der Waals surface area contributed by atoms with E-state index in [0.29, 0.717) is 24.3 Å². The van der Waals surface area contributed by atoms with E-state index in [1.165, 1.54) is 12.8 Å². The Labute approximate surface area is 163 Å². The summed E-state index contributed by atoms with van der Waals surface area (Å²) < 4.78 is 1.95. The van der Waals surface area contributed by atoms with E-state index >= 15 is 0 Å². The van der Waals surface area contributed by atoms with Gasteiger partial charge in [0, 0.05) is 42.6 Å². The van der Waals surface area contributed by atoms with E-state index in [9.17, 15) is 14.4 Å². The van der Waals surface area contributed by atoms with Gasteiger partial charge in [-0.15, -0.1) is 0 Å². The fourth-order valence-electron chi connectivity index (χ4n) is 4.20. The first-order valence-electron chi connectivity index (χ1n) is 9.76. The lowest BCUT2D eigenvalue weighted by molar-refractivity contribution is -0.122. The number of amides is 4. The molecule has 1 atom stereocenters. The van der Waals surface area contributed by atoms with Gasteiger partial charge in [-0.1, -0.05) is 12.8 Å². The van der Waals surface area contributed by atoms with Crippen molar-refractivity contribution in [1.29, 1.82) is 0 Å². The molecule has 0 bridgehead atoms. The Bertz CT molecular complexity index is 929. The summed E-state index contributed by atoms with van der Waals surface area (Å²) in [7, 11) is 1.55. The van der Waals surface area contributed by atoms with Gasteiger partial charge in [0.2, 0.25) is 5.91 Å². The number of nitrogens with zero attached hydrogens (tertiary/aromatic N) is 1. The Balaban J connectivity index is 1.59. The van der Waals surface area contributed by atoms with Crippen LogP contribution in [0.2, 0.25) is 0 Å². The molecular formula is C20H25N5O3. The number of aromatic nitrogens is 1. The average molecular weight is 383 g/mol. The Morgan fingerprint density at radius 2 is 2.00 bits per heavy atom. The van der Waals surface area contributed by atoms with Gasteiger partial charge in [-0.3, -0.25) is 9.59 Å². The van der Waals surface area contributed by atoms with Gasteiger partial charge < -0.3 is 25.8 Å². The summed E-state index contributed by atoms with van der Waals surface area (Å²) in [6, 6.07) is 7.16. The highest BCUT2D eigenvalue weighted by Crippen LogP contribution is 2.30. The number of rotatable bonds is 4. The predicted molar refractivity (Wildman–Crippen MR) is 106 cm³/mol. The second-order valence-electron chi connectivity index (χ2n) is 7.49. The van der Waals surface area contributed by atoms with Crippen LogP contribution in [0.5, 0.6) is 0 Å². The Morgan fingerprint density at radius 3 is 2.75 bits per heavy atom. The first-order chi connectivity index (χ1) is 13.5. The third-order valence-corrected chi connectivity index (χ3v) is 5.56. The van der Waals surface area contributed by atoms with Crippen molar-refractivity contribution in [3.05, 3.63) is 30.0 Å². The molecule has 1 aliphatic carbocycles. The molecule has 1 aromatic heterocycles. The minimum atomic E-state index is -0.303. The predicted octanol–water partition coefficient (Wildman–Crippen LogP) is 2.13. The highest BCUT2D eigenvalue weighted by molar-refractivity contribution is 6.01.